The first-order chi connectivity index (χ1) is 10.1. The first-order valence-corrected chi connectivity index (χ1v) is 6.65. The third kappa shape index (κ3) is 3.89. The largest absolute Gasteiger partial charge is 0.351 e. The van der Waals surface area contributed by atoms with Gasteiger partial charge in [0.1, 0.15) is 5.56 Å². The van der Waals surface area contributed by atoms with Crippen LogP contribution in [0.4, 0.5) is 5.69 Å². The molecule has 2 rings (SSSR count). The molecule has 0 fully saturated rings. The number of hydrogen-bond acceptors (Lipinski definition) is 3. The molecule has 0 saturated carbocycles. The molecule has 0 heterocycles. The second kappa shape index (κ2) is 6.65. The fourth-order valence-corrected chi connectivity index (χ4v) is 2.00. The number of rotatable bonds is 5. The third-order valence-corrected chi connectivity index (χ3v) is 3.17. The maximum atomic E-state index is 12.0. The van der Waals surface area contributed by atoms with Gasteiger partial charge in [-0.05, 0) is 25.0 Å². The van der Waals surface area contributed by atoms with E-state index in [2.05, 4.69) is 5.32 Å². The molecule has 0 aliphatic rings. The van der Waals surface area contributed by atoms with Gasteiger partial charge in [-0.25, -0.2) is 0 Å². The van der Waals surface area contributed by atoms with Crippen LogP contribution >= 0.6 is 0 Å². The molecule has 1 N–H and O–H groups in total. The lowest BCUT2D eigenvalue weighted by Crippen LogP contribution is -2.26. The molecule has 5 heteroatoms. The van der Waals surface area contributed by atoms with Crippen molar-refractivity contribution in [2.45, 2.75) is 13.3 Å². The van der Waals surface area contributed by atoms with Crippen molar-refractivity contribution in [2.75, 3.05) is 6.54 Å². The van der Waals surface area contributed by atoms with E-state index in [1.54, 1.807) is 12.1 Å². The zero-order valence-corrected chi connectivity index (χ0v) is 11.7. The van der Waals surface area contributed by atoms with Gasteiger partial charge in [0, 0.05) is 12.6 Å². The number of carbonyl (C=O) groups is 1. The standard InChI is InChI=1S/C16H16N2O3/c1-12-6-8-13(9-7-12)10-11-17-16(19)14-4-2-3-5-15(14)18(20)21/h2-9H,10-11H2,1H3,(H,17,19). The van der Waals surface area contributed by atoms with Crippen LogP contribution in [0.25, 0.3) is 0 Å². The Hall–Kier alpha value is -2.69. The lowest BCUT2D eigenvalue weighted by molar-refractivity contribution is -0.385. The molecular weight excluding hydrogens is 268 g/mol. The van der Waals surface area contributed by atoms with E-state index in [0.717, 1.165) is 5.56 Å². The van der Waals surface area contributed by atoms with Crippen molar-refractivity contribution in [1.82, 2.24) is 5.32 Å². The van der Waals surface area contributed by atoms with E-state index in [9.17, 15) is 14.9 Å². The van der Waals surface area contributed by atoms with E-state index in [0.29, 0.717) is 13.0 Å². The van der Waals surface area contributed by atoms with Crippen LogP contribution in [0.1, 0.15) is 21.5 Å². The maximum absolute atomic E-state index is 12.0. The molecule has 21 heavy (non-hydrogen) atoms. The normalized spacial score (nSPS) is 10.1. The molecule has 0 unspecified atom stereocenters. The highest BCUT2D eigenvalue weighted by atomic mass is 16.6. The zero-order valence-electron chi connectivity index (χ0n) is 11.7. The molecule has 0 aromatic heterocycles. The van der Waals surface area contributed by atoms with Gasteiger partial charge < -0.3 is 5.32 Å². The Morgan fingerprint density at radius 2 is 1.81 bits per heavy atom. The van der Waals surface area contributed by atoms with Gasteiger partial charge in [-0.3, -0.25) is 14.9 Å². The summed E-state index contributed by atoms with van der Waals surface area (Å²) in [5.41, 5.74) is 2.21. The lowest BCUT2D eigenvalue weighted by atomic mass is 10.1. The summed E-state index contributed by atoms with van der Waals surface area (Å²) in [5.74, 6) is -0.422. The molecule has 0 aliphatic carbocycles. The predicted molar refractivity (Wildman–Crippen MR) is 80.3 cm³/mol. The second-order valence-electron chi connectivity index (χ2n) is 4.77. The van der Waals surface area contributed by atoms with Crippen LogP contribution in [0.2, 0.25) is 0 Å². The summed E-state index contributed by atoms with van der Waals surface area (Å²) in [6.07, 6.45) is 0.687. The molecule has 0 saturated heterocycles. The van der Waals surface area contributed by atoms with Crippen LogP contribution < -0.4 is 5.32 Å². The highest BCUT2D eigenvalue weighted by Gasteiger charge is 2.18. The Bertz CT molecular complexity index is 651. The van der Waals surface area contributed by atoms with E-state index in [4.69, 9.17) is 0 Å². The molecule has 108 valence electrons. The van der Waals surface area contributed by atoms with Crippen LogP contribution in [0.5, 0.6) is 0 Å². The van der Waals surface area contributed by atoms with E-state index in [1.807, 2.05) is 31.2 Å². The fourth-order valence-electron chi connectivity index (χ4n) is 2.00. The number of nitro groups is 1. The van der Waals surface area contributed by atoms with Crippen molar-refractivity contribution in [3.05, 3.63) is 75.3 Å². The Morgan fingerprint density at radius 3 is 2.48 bits per heavy atom. The highest BCUT2D eigenvalue weighted by Crippen LogP contribution is 2.17. The van der Waals surface area contributed by atoms with Gasteiger partial charge in [0.2, 0.25) is 0 Å². The summed E-state index contributed by atoms with van der Waals surface area (Å²) in [5, 5.41) is 13.6. The molecule has 0 atom stereocenters. The highest BCUT2D eigenvalue weighted by molar-refractivity contribution is 5.98. The lowest BCUT2D eigenvalue weighted by Gasteiger charge is -2.06. The summed E-state index contributed by atoms with van der Waals surface area (Å²) < 4.78 is 0. The van der Waals surface area contributed by atoms with Crippen LogP contribution in [0, 0.1) is 17.0 Å². The topological polar surface area (TPSA) is 72.2 Å². The van der Waals surface area contributed by atoms with Crippen molar-refractivity contribution < 1.29 is 9.72 Å². The molecule has 0 aliphatic heterocycles. The SMILES string of the molecule is Cc1ccc(CCNC(=O)c2ccccc2[N+](=O)[O-])cc1. The average Bonchev–Trinajstić information content (AvgIpc) is 2.49. The minimum atomic E-state index is -0.547. The van der Waals surface area contributed by atoms with Crippen molar-refractivity contribution >= 4 is 11.6 Å². The Labute approximate surface area is 122 Å². The number of hydrogen-bond donors (Lipinski definition) is 1. The van der Waals surface area contributed by atoms with Gasteiger partial charge in [-0.1, -0.05) is 42.0 Å². The van der Waals surface area contributed by atoms with Gasteiger partial charge in [-0.2, -0.15) is 0 Å². The minimum Gasteiger partial charge on any atom is -0.351 e. The molecule has 2 aromatic rings. The number of nitro benzene ring substituents is 1. The van der Waals surface area contributed by atoms with Gasteiger partial charge in [0.25, 0.3) is 11.6 Å². The van der Waals surface area contributed by atoms with E-state index < -0.39 is 10.8 Å². The van der Waals surface area contributed by atoms with Gasteiger partial charge in [-0.15, -0.1) is 0 Å². The van der Waals surface area contributed by atoms with Crippen LogP contribution in [0.15, 0.2) is 48.5 Å². The summed E-state index contributed by atoms with van der Waals surface area (Å²) in [4.78, 5) is 22.3. The molecule has 5 nitrogen and oxygen atoms in total. The van der Waals surface area contributed by atoms with Crippen molar-refractivity contribution in [3.8, 4) is 0 Å². The predicted octanol–water partition coefficient (Wildman–Crippen LogP) is 2.88. The Morgan fingerprint density at radius 1 is 1.14 bits per heavy atom. The first kappa shape index (κ1) is 14.7. The zero-order chi connectivity index (χ0) is 15.2. The molecule has 2 aromatic carbocycles. The number of nitrogens with one attached hydrogen (secondary N) is 1. The number of carbonyl (C=O) groups excluding carboxylic acids is 1. The van der Waals surface area contributed by atoms with Crippen LogP contribution in [-0.4, -0.2) is 17.4 Å². The van der Waals surface area contributed by atoms with E-state index in [-0.39, 0.29) is 11.3 Å². The second-order valence-corrected chi connectivity index (χ2v) is 4.77. The van der Waals surface area contributed by atoms with Crippen molar-refractivity contribution in [3.63, 3.8) is 0 Å². The smallest absolute Gasteiger partial charge is 0.282 e. The van der Waals surface area contributed by atoms with Crippen molar-refractivity contribution in [2.24, 2.45) is 0 Å². The number of amides is 1. The summed E-state index contributed by atoms with van der Waals surface area (Å²) >= 11 is 0. The Kier molecular flexibility index (Phi) is 4.66. The number of benzene rings is 2. The molecule has 0 radical (unpaired) electrons. The van der Waals surface area contributed by atoms with E-state index >= 15 is 0 Å². The number of para-hydroxylation sites is 1. The fraction of sp³-hybridized carbons (Fsp3) is 0.188. The van der Waals surface area contributed by atoms with E-state index in [1.165, 1.54) is 17.7 Å². The van der Waals surface area contributed by atoms with Gasteiger partial charge in [0.05, 0.1) is 4.92 Å². The third-order valence-electron chi connectivity index (χ3n) is 3.17. The average molecular weight is 284 g/mol. The maximum Gasteiger partial charge on any atom is 0.282 e. The molecule has 1 amide bonds. The molecule has 0 bridgehead atoms. The number of aryl methyl sites for hydroxylation is 1. The monoisotopic (exact) mass is 284 g/mol. The summed E-state index contributed by atoms with van der Waals surface area (Å²) in [6.45, 7) is 2.45. The van der Waals surface area contributed by atoms with Gasteiger partial charge in [0.15, 0.2) is 0 Å². The van der Waals surface area contributed by atoms with Gasteiger partial charge >= 0.3 is 0 Å². The van der Waals surface area contributed by atoms with Crippen LogP contribution in [0.3, 0.4) is 0 Å². The molecular formula is C16H16N2O3. The quantitative estimate of drug-likeness (QED) is 0.677. The molecule has 0 spiro atoms. The van der Waals surface area contributed by atoms with Crippen LogP contribution in [-0.2, 0) is 6.42 Å². The minimum absolute atomic E-state index is 0.0893. The summed E-state index contributed by atoms with van der Waals surface area (Å²) in [7, 11) is 0. The Balaban J connectivity index is 1.96. The number of nitrogens with zero attached hydrogens (tertiary/aromatic N) is 1. The van der Waals surface area contributed by atoms with Crippen molar-refractivity contribution in [1.29, 1.82) is 0 Å². The summed E-state index contributed by atoms with van der Waals surface area (Å²) in [6, 6.07) is 14.0. The first-order valence-electron chi connectivity index (χ1n) is 6.65.